The lowest BCUT2D eigenvalue weighted by Crippen LogP contribution is -2.57. The molecule has 2 heteroatoms. The van der Waals surface area contributed by atoms with Crippen LogP contribution in [-0.2, 0) is 0 Å². The monoisotopic (exact) mass is 266 g/mol. The van der Waals surface area contributed by atoms with Crippen LogP contribution in [0, 0.1) is 5.41 Å². The summed E-state index contributed by atoms with van der Waals surface area (Å²) in [7, 11) is 0. The van der Waals surface area contributed by atoms with Crippen molar-refractivity contribution in [2.75, 3.05) is 13.1 Å². The molecule has 112 valence electrons. The molecule has 2 rings (SSSR count). The van der Waals surface area contributed by atoms with E-state index in [4.69, 9.17) is 0 Å². The van der Waals surface area contributed by atoms with E-state index in [9.17, 15) is 0 Å². The first-order valence-corrected chi connectivity index (χ1v) is 8.56. The summed E-state index contributed by atoms with van der Waals surface area (Å²) in [6.07, 6.45) is 9.87. The summed E-state index contributed by atoms with van der Waals surface area (Å²) in [4.78, 5) is 2.85. The summed E-state index contributed by atoms with van der Waals surface area (Å²) in [5.41, 5.74) is 0.530. The van der Waals surface area contributed by atoms with Gasteiger partial charge in [-0.1, -0.05) is 40.5 Å². The van der Waals surface area contributed by atoms with Crippen molar-refractivity contribution >= 4 is 0 Å². The molecular weight excluding hydrogens is 232 g/mol. The quantitative estimate of drug-likeness (QED) is 0.814. The number of likely N-dealkylation sites (N-methyl/N-ethyl adjacent to an activating group) is 2. The van der Waals surface area contributed by atoms with Gasteiger partial charge in [-0.15, -0.1) is 0 Å². The lowest BCUT2D eigenvalue weighted by molar-refractivity contribution is 0.0412. The maximum absolute atomic E-state index is 3.77. The molecule has 0 amide bonds. The zero-order valence-electron chi connectivity index (χ0n) is 13.5. The van der Waals surface area contributed by atoms with Crippen LogP contribution >= 0.6 is 0 Å². The molecule has 2 nitrogen and oxygen atoms in total. The Kier molecular flexibility index (Phi) is 5.30. The van der Waals surface area contributed by atoms with Gasteiger partial charge in [0.1, 0.15) is 0 Å². The van der Waals surface area contributed by atoms with Gasteiger partial charge in [0.25, 0.3) is 0 Å². The Morgan fingerprint density at radius 2 is 1.79 bits per heavy atom. The summed E-state index contributed by atoms with van der Waals surface area (Å²) in [5, 5.41) is 3.77. The van der Waals surface area contributed by atoms with Gasteiger partial charge < -0.3 is 5.32 Å². The van der Waals surface area contributed by atoms with Crippen molar-refractivity contribution in [1.29, 1.82) is 0 Å². The molecule has 2 aliphatic carbocycles. The Bertz CT molecular complexity index is 268. The van der Waals surface area contributed by atoms with Gasteiger partial charge in [0.15, 0.2) is 0 Å². The molecule has 0 radical (unpaired) electrons. The summed E-state index contributed by atoms with van der Waals surface area (Å²) in [6.45, 7) is 11.9. The molecule has 0 aliphatic heterocycles. The van der Waals surface area contributed by atoms with Crippen LogP contribution in [0.25, 0.3) is 0 Å². The molecule has 0 aromatic rings. The molecule has 2 atom stereocenters. The highest BCUT2D eigenvalue weighted by Crippen LogP contribution is 2.39. The SMILES string of the molecule is CCNC1CCC(C)(C)CC1N(CC)C1CCCC1. The molecular formula is C17H34N2. The van der Waals surface area contributed by atoms with Gasteiger partial charge in [0.05, 0.1) is 0 Å². The van der Waals surface area contributed by atoms with Crippen LogP contribution in [0.3, 0.4) is 0 Å². The minimum absolute atomic E-state index is 0.530. The van der Waals surface area contributed by atoms with Crippen LogP contribution in [0.15, 0.2) is 0 Å². The van der Waals surface area contributed by atoms with E-state index in [1.807, 2.05) is 0 Å². The molecule has 0 aromatic carbocycles. The molecule has 0 heterocycles. The highest BCUT2D eigenvalue weighted by molar-refractivity contribution is 4.96. The predicted octanol–water partition coefficient (Wildman–Crippen LogP) is 3.81. The van der Waals surface area contributed by atoms with Gasteiger partial charge in [0, 0.05) is 18.1 Å². The van der Waals surface area contributed by atoms with Crippen molar-refractivity contribution in [3.8, 4) is 0 Å². The molecule has 1 N–H and O–H groups in total. The standard InChI is InChI=1S/C17H34N2/c1-5-18-15-11-12-17(3,4)13-16(15)19(6-2)14-9-7-8-10-14/h14-16,18H,5-13H2,1-4H3. The van der Waals surface area contributed by atoms with Crippen LogP contribution in [0.5, 0.6) is 0 Å². The third-order valence-electron chi connectivity index (χ3n) is 5.41. The van der Waals surface area contributed by atoms with Crippen molar-refractivity contribution in [1.82, 2.24) is 10.2 Å². The highest BCUT2D eigenvalue weighted by atomic mass is 15.2. The molecule has 0 saturated heterocycles. The Labute approximate surface area is 120 Å². The van der Waals surface area contributed by atoms with Crippen LogP contribution < -0.4 is 5.32 Å². The summed E-state index contributed by atoms with van der Waals surface area (Å²) in [6, 6.07) is 2.35. The zero-order valence-corrected chi connectivity index (χ0v) is 13.5. The van der Waals surface area contributed by atoms with Crippen molar-refractivity contribution in [3.63, 3.8) is 0 Å². The normalized spacial score (nSPS) is 32.1. The number of nitrogens with one attached hydrogen (secondary N) is 1. The molecule has 2 fully saturated rings. The van der Waals surface area contributed by atoms with Crippen molar-refractivity contribution in [2.45, 2.75) is 90.8 Å². The van der Waals surface area contributed by atoms with Crippen molar-refractivity contribution in [2.24, 2.45) is 5.41 Å². The van der Waals surface area contributed by atoms with Gasteiger partial charge in [0.2, 0.25) is 0 Å². The fourth-order valence-corrected chi connectivity index (χ4v) is 4.40. The van der Waals surface area contributed by atoms with E-state index in [1.165, 1.54) is 51.5 Å². The van der Waals surface area contributed by atoms with E-state index in [1.54, 1.807) is 0 Å². The van der Waals surface area contributed by atoms with E-state index < -0.39 is 0 Å². The smallest absolute Gasteiger partial charge is 0.0257 e. The minimum atomic E-state index is 0.530. The summed E-state index contributed by atoms with van der Waals surface area (Å²) >= 11 is 0. The fraction of sp³-hybridized carbons (Fsp3) is 1.00. The molecule has 2 unspecified atom stereocenters. The third kappa shape index (κ3) is 3.72. The Morgan fingerprint density at radius 3 is 2.37 bits per heavy atom. The molecule has 2 saturated carbocycles. The molecule has 0 aromatic heterocycles. The zero-order chi connectivity index (χ0) is 13.9. The first kappa shape index (κ1) is 15.3. The van der Waals surface area contributed by atoms with Gasteiger partial charge in [-0.3, -0.25) is 4.90 Å². The molecule has 0 spiro atoms. The van der Waals surface area contributed by atoms with Gasteiger partial charge in [-0.25, -0.2) is 0 Å². The van der Waals surface area contributed by atoms with E-state index in [-0.39, 0.29) is 0 Å². The third-order valence-corrected chi connectivity index (χ3v) is 5.41. The maximum atomic E-state index is 3.77. The lowest BCUT2D eigenvalue weighted by atomic mass is 9.72. The van der Waals surface area contributed by atoms with E-state index in [2.05, 4.69) is 37.9 Å². The van der Waals surface area contributed by atoms with E-state index >= 15 is 0 Å². The van der Waals surface area contributed by atoms with Crippen molar-refractivity contribution < 1.29 is 0 Å². The summed E-state index contributed by atoms with van der Waals surface area (Å²) in [5.74, 6) is 0. The number of rotatable bonds is 5. The largest absolute Gasteiger partial charge is 0.313 e. The van der Waals surface area contributed by atoms with Crippen molar-refractivity contribution in [3.05, 3.63) is 0 Å². The number of hydrogen-bond acceptors (Lipinski definition) is 2. The topological polar surface area (TPSA) is 15.3 Å². The average Bonchev–Trinajstić information content (AvgIpc) is 2.87. The first-order valence-electron chi connectivity index (χ1n) is 8.56. The van der Waals surface area contributed by atoms with Crippen LogP contribution in [0.2, 0.25) is 0 Å². The Morgan fingerprint density at radius 1 is 1.11 bits per heavy atom. The minimum Gasteiger partial charge on any atom is -0.313 e. The van der Waals surface area contributed by atoms with Gasteiger partial charge >= 0.3 is 0 Å². The molecule has 2 aliphatic rings. The predicted molar refractivity (Wildman–Crippen MR) is 83.5 cm³/mol. The Balaban J connectivity index is 2.09. The van der Waals surface area contributed by atoms with Gasteiger partial charge in [-0.05, 0) is 50.6 Å². The summed E-state index contributed by atoms with van der Waals surface area (Å²) < 4.78 is 0. The van der Waals surface area contributed by atoms with E-state index in [0.29, 0.717) is 5.41 Å². The lowest BCUT2D eigenvalue weighted by Gasteiger charge is -2.48. The second-order valence-electron chi connectivity index (χ2n) is 7.41. The van der Waals surface area contributed by atoms with E-state index in [0.717, 1.165) is 24.7 Å². The average molecular weight is 266 g/mol. The Hall–Kier alpha value is -0.0800. The fourth-order valence-electron chi connectivity index (χ4n) is 4.40. The maximum Gasteiger partial charge on any atom is 0.0257 e. The highest BCUT2D eigenvalue weighted by Gasteiger charge is 2.39. The van der Waals surface area contributed by atoms with Crippen LogP contribution in [-0.4, -0.2) is 36.1 Å². The molecule has 0 bridgehead atoms. The van der Waals surface area contributed by atoms with Crippen LogP contribution in [0.4, 0.5) is 0 Å². The van der Waals surface area contributed by atoms with Gasteiger partial charge in [-0.2, -0.15) is 0 Å². The number of hydrogen-bond donors (Lipinski definition) is 1. The first-order chi connectivity index (χ1) is 9.07. The van der Waals surface area contributed by atoms with Crippen LogP contribution in [0.1, 0.15) is 72.6 Å². The number of nitrogens with zero attached hydrogens (tertiary/aromatic N) is 1. The second kappa shape index (κ2) is 6.58. The second-order valence-corrected chi connectivity index (χ2v) is 7.41. The molecule has 19 heavy (non-hydrogen) atoms.